The summed E-state index contributed by atoms with van der Waals surface area (Å²) in [7, 11) is 3.29. The zero-order chi connectivity index (χ0) is 18.1. The summed E-state index contributed by atoms with van der Waals surface area (Å²) in [6.07, 6.45) is 0. The molecule has 6 heteroatoms. The molecule has 0 atom stereocenters. The van der Waals surface area contributed by atoms with E-state index in [2.05, 4.69) is 15.2 Å². The molecule has 4 rings (SSSR count). The first-order chi connectivity index (χ1) is 12.7. The van der Waals surface area contributed by atoms with Crippen molar-refractivity contribution in [2.75, 3.05) is 20.0 Å². The van der Waals surface area contributed by atoms with Crippen LogP contribution in [0, 0.1) is 0 Å². The van der Waals surface area contributed by atoms with Crippen LogP contribution in [0.15, 0.2) is 54.6 Å². The van der Waals surface area contributed by atoms with Crippen LogP contribution < -0.4 is 15.2 Å². The van der Waals surface area contributed by atoms with Crippen molar-refractivity contribution in [3.63, 3.8) is 0 Å². The van der Waals surface area contributed by atoms with Crippen molar-refractivity contribution in [3.05, 3.63) is 54.6 Å². The quantitative estimate of drug-likeness (QED) is 0.585. The van der Waals surface area contributed by atoms with E-state index >= 15 is 0 Å². The van der Waals surface area contributed by atoms with Crippen molar-refractivity contribution >= 4 is 16.9 Å². The van der Waals surface area contributed by atoms with E-state index < -0.39 is 0 Å². The number of aromatic amines is 1. The van der Waals surface area contributed by atoms with E-state index in [-0.39, 0.29) is 0 Å². The van der Waals surface area contributed by atoms with Crippen LogP contribution in [0.3, 0.4) is 0 Å². The number of nitrogens with zero attached hydrogens (tertiary/aromatic N) is 2. The van der Waals surface area contributed by atoms with E-state index in [0.717, 1.165) is 39.3 Å². The van der Waals surface area contributed by atoms with Crippen LogP contribution in [0.4, 0.5) is 5.82 Å². The van der Waals surface area contributed by atoms with Gasteiger partial charge in [-0.25, -0.2) is 4.98 Å². The van der Waals surface area contributed by atoms with Crippen LogP contribution in [-0.2, 0) is 0 Å². The van der Waals surface area contributed by atoms with Crippen LogP contribution in [0.25, 0.3) is 33.4 Å². The monoisotopic (exact) mass is 346 g/mol. The van der Waals surface area contributed by atoms with Gasteiger partial charge in [0, 0.05) is 5.56 Å². The Morgan fingerprint density at radius 2 is 1.69 bits per heavy atom. The molecule has 3 N–H and O–H groups in total. The van der Waals surface area contributed by atoms with Crippen molar-refractivity contribution < 1.29 is 9.47 Å². The lowest BCUT2D eigenvalue weighted by molar-refractivity contribution is 0.415. The maximum Gasteiger partial charge on any atom is 0.184 e. The zero-order valence-corrected chi connectivity index (χ0v) is 14.5. The van der Waals surface area contributed by atoms with Crippen molar-refractivity contribution in [3.8, 4) is 33.9 Å². The molecule has 0 radical (unpaired) electrons. The Labute approximate surface area is 150 Å². The van der Waals surface area contributed by atoms with E-state index in [1.165, 1.54) is 0 Å². The second kappa shape index (κ2) is 6.40. The summed E-state index contributed by atoms with van der Waals surface area (Å²) in [5.41, 5.74) is 10.3. The van der Waals surface area contributed by atoms with Gasteiger partial charge in [0.05, 0.1) is 25.3 Å². The highest BCUT2D eigenvalue weighted by molar-refractivity contribution is 6.01. The Hall–Kier alpha value is -3.54. The highest BCUT2D eigenvalue weighted by Crippen LogP contribution is 2.37. The topological polar surface area (TPSA) is 86.0 Å². The molecule has 0 saturated carbocycles. The molecule has 0 fully saturated rings. The van der Waals surface area contributed by atoms with Gasteiger partial charge in [0.15, 0.2) is 5.65 Å². The molecule has 2 heterocycles. The van der Waals surface area contributed by atoms with Crippen molar-refractivity contribution in [2.45, 2.75) is 0 Å². The Morgan fingerprint density at radius 3 is 2.42 bits per heavy atom. The van der Waals surface area contributed by atoms with Crippen molar-refractivity contribution in [2.24, 2.45) is 0 Å². The van der Waals surface area contributed by atoms with Crippen LogP contribution in [0.2, 0.25) is 0 Å². The molecule has 0 aliphatic carbocycles. The molecule has 0 unspecified atom stereocenters. The molecule has 4 aromatic rings. The fourth-order valence-electron chi connectivity index (χ4n) is 3.04. The molecule has 26 heavy (non-hydrogen) atoms. The van der Waals surface area contributed by atoms with Crippen LogP contribution in [0.5, 0.6) is 11.5 Å². The average Bonchev–Trinajstić information content (AvgIpc) is 3.08. The molecule has 0 saturated heterocycles. The number of methoxy groups -OCH3 is 2. The highest BCUT2D eigenvalue weighted by atomic mass is 16.5. The number of hydrogen-bond acceptors (Lipinski definition) is 5. The molecular weight excluding hydrogens is 328 g/mol. The second-order valence-corrected chi connectivity index (χ2v) is 5.82. The first-order valence-corrected chi connectivity index (χ1v) is 8.13. The number of rotatable bonds is 4. The summed E-state index contributed by atoms with van der Waals surface area (Å²) in [5.74, 6) is 2.04. The van der Waals surface area contributed by atoms with Crippen LogP contribution in [-0.4, -0.2) is 29.4 Å². The normalized spacial score (nSPS) is 10.8. The van der Waals surface area contributed by atoms with E-state index in [1.807, 2.05) is 54.6 Å². The highest BCUT2D eigenvalue weighted by Gasteiger charge is 2.16. The maximum atomic E-state index is 6.11. The predicted octanol–water partition coefficient (Wildman–Crippen LogP) is 3.89. The summed E-state index contributed by atoms with van der Waals surface area (Å²) in [6, 6.07) is 17.6. The summed E-state index contributed by atoms with van der Waals surface area (Å²) >= 11 is 0. The fraction of sp³-hybridized carbons (Fsp3) is 0.100. The summed E-state index contributed by atoms with van der Waals surface area (Å²) in [6.45, 7) is 0. The first kappa shape index (κ1) is 16.0. The lowest BCUT2D eigenvalue weighted by atomic mass is 9.99. The molecule has 2 aromatic carbocycles. The Kier molecular flexibility index (Phi) is 3.93. The predicted molar refractivity (Wildman–Crippen MR) is 102 cm³/mol. The number of hydrogen-bond donors (Lipinski definition) is 2. The van der Waals surface area contributed by atoms with E-state index in [9.17, 15) is 0 Å². The van der Waals surface area contributed by atoms with Gasteiger partial charge in [-0.05, 0) is 41.5 Å². The molecule has 0 aliphatic rings. The number of fused-ring (bicyclic) bond motifs is 1. The smallest absolute Gasteiger partial charge is 0.184 e. The molecule has 6 nitrogen and oxygen atoms in total. The third-order valence-electron chi connectivity index (χ3n) is 4.34. The van der Waals surface area contributed by atoms with Gasteiger partial charge in [0.25, 0.3) is 0 Å². The van der Waals surface area contributed by atoms with Gasteiger partial charge in [-0.1, -0.05) is 24.3 Å². The lowest BCUT2D eigenvalue weighted by Crippen LogP contribution is -1.93. The Bertz CT molecular complexity index is 1070. The summed E-state index contributed by atoms with van der Waals surface area (Å²) in [4.78, 5) is 4.67. The maximum absolute atomic E-state index is 6.11. The van der Waals surface area contributed by atoms with Crippen molar-refractivity contribution in [1.29, 1.82) is 0 Å². The number of nitrogens with two attached hydrogens (primary N) is 1. The number of anilines is 1. The average molecular weight is 346 g/mol. The Morgan fingerprint density at radius 1 is 0.923 bits per heavy atom. The molecule has 0 amide bonds. The molecule has 130 valence electrons. The standard InChI is InChI=1S/C20H18N4O2/c1-25-13-9-7-12(8-10-13)15-11-16(14-5-3-4-6-17(14)26-2)22-20-18(15)19(21)23-24-20/h3-11H,1-2H3,(H3,21,22,23,24). The molecular formula is C20H18N4O2. The number of nitrogens with one attached hydrogen (secondary N) is 1. The number of para-hydroxylation sites is 1. The molecule has 0 aliphatic heterocycles. The number of H-pyrrole nitrogens is 1. The zero-order valence-electron chi connectivity index (χ0n) is 14.5. The van der Waals surface area contributed by atoms with E-state index in [4.69, 9.17) is 15.2 Å². The SMILES string of the molecule is COc1ccc(-c2cc(-c3ccccc3OC)nc3n[nH]c(N)c23)cc1. The Balaban J connectivity index is 1.97. The minimum Gasteiger partial charge on any atom is -0.497 e. The summed E-state index contributed by atoms with van der Waals surface area (Å²) < 4.78 is 10.7. The molecule has 0 bridgehead atoms. The van der Waals surface area contributed by atoms with Gasteiger partial charge < -0.3 is 15.2 Å². The number of ether oxygens (including phenoxy) is 2. The number of benzene rings is 2. The van der Waals surface area contributed by atoms with E-state index in [1.54, 1.807) is 14.2 Å². The van der Waals surface area contributed by atoms with Crippen LogP contribution in [0.1, 0.15) is 0 Å². The molecule has 0 spiro atoms. The first-order valence-electron chi connectivity index (χ1n) is 8.13. The number of pyridine rings is 1. The number of aromatic nitrogens is 3. The van der Waals surface area contributed by atoms with Gasteiger partial charge >= 0.3 is 0 Å². The fourth-order valence-corrected chi connectivity index (χ4v) is 3.04. The van der Waals surface area contributed by atoms with E-state index in [0.29, 0.717) is 11.5 Å². The molecule has 2 aromatic heterocycles. The number of nitrogen functional groups attached to an aromatic ring is 1. The third kappa shape index (κ3) is 2.61. The lowest BCUT2D eigenvalue weighted by Gasteiger charge is -2.11. The van der Waals surface area contributed by atoms with Gasteiger partial charge in [0.1, 0.15) is 17.3 Å². The van der Waals surface area contributed by atoms with Gasteiger partial charge in [0.2, 0.25) is 0 Å². The van der Waals surface area contributed by atoms with Gasteiger partial charge in [-0.15, -0.1) is 0 Å². The van der Waals surface area contributed by atoms with Crippen LogP contribution >= 0.6 is 0 Å². The van der Waals surface area contributed by atoms with Gasteiger partial charge in [-0.3, -0.25) is 5.10 Å². The minimum absolute atomic E-state index is 0.491. The largest absolute Gasteiger partial charge is 0.497 e. The second-order valence-electron chi connectivity index (χ2n) is 5.82. The van der Waals surface area contributed by atoms with Crippen molar-refractivity contribution in [1.82, 2.24) is 15.2 Å². The summed E-state index contributed by atoms with van der Waals surface area (Å²) in [5, 5.41) is 7.88. The van der Waals surface area contributed by atoms with Gasteiger partial charge in [-0.2, -0.15) is 5.10 Å². The third-order valence-corrected chi connectivity index (χ3v) is 4.34. The minimum atomic E-state index is 0.491.